The molecule has 0 fully saturated rings. The maximum absolute atomic E-state index is 11.0. The number of aromatic carboxylic acids is 1. The molecule has 0 bridgehead atoms. The molecule has 0 amide bonds. The molecule has 0 saturated heterocycles. The van der Waals surface area contributed by atoms with E-state index in [9.17, 15) is 4.79 Å². The number of aromatic nitrogens is 2. The maximum Gasteiger partial charge on any atom is 0.335 e. The highest BCUT2D eigenvalue weighted by atomic mass is 32.2. The molecule has 2 aromatic rings. The summed E-state index contributed by atoms with van der Waals surface area (Å²) in [5, 5.41) is 16.9. The standard InChI is InChI=1S/C13H14N2O3S/c1-3-11-14-15-12(18-11)7-19-9-5-4-8(2)10(6-9)13(16)17/h4-6H,3,7H2,1-2H3,(H,16,17). The van der Waals surface area contributed by atoms with Crippen molar-refractivity contribution in [3.63, 3.8) is 0 Å². The number of nitrogens with zero attached hydrogens (tertiary/aromatic N) is 2. The molecule has 1 heterocycles. The fourth-order valence-corrected chi connectivity index (χ4v) is 2.33. The lowest BCUT2D eigenvalue weighted by Gasteiger charge is -2.04. The lowest BCUT2D eigenvalue weighted by atomic mass is 10.1. The second-order valence-electron chi connectivity index (χ2n) is 4.01. The van der Waals surface area contributed by atoms with Crippen LogP contribution in [0.3, 0.4) is 0 Å². The number of carboxylic acid groups (broad SMARTS) is 1. The summed E-state index contributed by atoms with van der Waals surface area (Å²) in [5.74, 6) is 0.797. The molecule has 5 nitrogen and oxygen atoms in total. The highest BCUT2D eigenvalue weighted by molar-refractivity contribution is 7.98. The zero-order valence-electron chi connectivity index (χ0n) is 10.7. The topological polar surface area (TPSA) is 76.2 Å². The van der Waals surface area contributed by atoms with Gasteiger partial charge < -0.3 is 9.52 Å². The minimum atomic E-state index is -0.911. The normalized spacial score (nSPS) is 10.6. The molecule has 0 saturated carbocycles. The van der Waals surface area contributed by atoms with Crippen molar-refractivity contribution >= 4 is 17.7 Å². The number of benzene rings is 1. The third-order valence-electron chi connectivity index (χ3n) is 2.61. The van der Waals surface area contributed by atoms with Crippen LogP contribution in [0.2, 0.25) is 0 Å². The molecule has 1 N–H and O–H groups in total. The summed E-state index contributed by atoms with van der Waals surface area (Å²) in [6, 6.07) is 5.36. The van der Waals surface area contributed by atoms with Gasteiger partial charge in [-0.3, -0.25) is 0 Å². The Bertz CT molecular complexity index is 595. The van der Waals surface area contributed by atoms with Crippen LogP contribution in [0.5, 0.6) is 0 Å². The summed E-state index contributed by atoms with van der Waals surface area (Å²) in [6.45, 7) is 3.73. The van der Waals surface area contributed by atoms with Gasteiger partial charge in [0.15, 0.2) is 0 Å². The van der Waals surface area contributed by atoms with Crippen molar-refractivity contribution in [2.45, 2.75) is 30.9 Å². The maximum atomic E-state index is 11.0. The summed E-state index contributed by atoms with van der Waals surface area (Å²) in [4.78, 5) is 11.9. The fourth-order valence-electron chi connectivity index (χ4n) is 1.56. The summed E-state index contributed by atoms with van der Waals surface area (Å²) in [7, 11) is 0. The molecule has 1 aromatic heterocycles. The van der Waals surface area contributed by atoms with E-state index in [0.717, 1.165) is 10.5 Å². The van der Waals surface area contributed by atoms with E-state index in [0.29, 0.717) is 29.5 Å². The first-order valence-electron chi connectivity index (χ1n) is 5.88. The smallest absolute Gasteiger partial charge is 0.335 e. The minimum Gasteiger partial charge on any atom is -0.478 e. The number of hydrogen-bond donors (Lipinski definition) is 1. The Hall–Kier alpha value is -1.82. The minimum absolute atomic E-state index is 0.324. The van der Waals surface area contributed by atoms with E-state index in [2.05, 4.69) is 10.2 Å². The van der Waals surface area contributed by atoms with Crippen molar-refractivity contribution in [3.8, 4) is 0 Å². The van der Waals surface area contributed by atoms with Gasteiger partial charge in [-0.1, -0.05) is 13.0 Å². The van der Waals surface area contributed by atoms with Gasteiger partial charge in [-0.25, -0.2) is 4.79 Å². The first-order valence-corrected chi connectivity index (χ1v) is 6.86. The first-order chi connectivity index (χ1) is 9.10. The van der Waals surface area contributed by atoms with Gasteiger partial charge in [0.25, 0.3) is 0 Å². The first kappa shape index (κ1) is 13.6. The largest absolute Gasteiger partial charge is 0.478 e. The number of thioether (sulfide) groups is 1. The van der Waals surface area contributed by atoms with E-state index in [-0.39, 0.29) is 0 Å². The molecular formula is C13H14N2O3S. The second kappa shape index (κ2) is 5.88. The molecule has 0 atom stereocenters. The van der Waals surface area contributed by atoms with Gasteiger partial charge in [-0.05, 0) is 24.6 Å². The van der Waals surface area contributed by atoms with Crippen molar-refractivity contribution < 1.29 is 14.3 Å². The van der Waals surface area contributed by atoms with E-state index < -0.39 is 5.97 Å². The van der Waals surface area contributed by atoms with Gasteiger partial charge in [0.2, 0.25) is 11.8 Å². The van der Waals surface area contributed by atoms with E-state index in [1.165, 1.54) is 11.8 Å². The SMILES string of the molecule is CCc1nnc(CSc2ccc(C)c(C(=O)O)c2)o1. The molecule has 0 unspecified atom stereocenters. The molecule has 1 aromatic carbocycles. The number of carboxylic acids is 1. The van der Waals surface area contributed by atoms with Gasteiger partial charge in [0.1, 0.15) is 0 Å². The van der Waals surface area contributed by atoms with Crippen molar-refractivity contribution in [3.05, 3.63) is 41.1 Å². The van der Waals surface area contributed by atoms with Crippen molar-refractivity contribution in [2.24, 2.45) is 0 Å². The van der Waals surface area contributed by atoms with E-state index >= 15 is 0 Å². The van der Waals surface area contributed by atoms with Crippen LogP contribution >= 0.6 is 11.8 Å². The fraction of sp³-hybridized carbons (Fsp3) is 0.308. The summed E-state index contributed by atoms with van der Waals surface area (Å²) >= 11 is 1.48. The molecule has 0 aliphatic rings. The highest BCUT2D eigenvalue weighted by Crippen LogP contribution is 2.24. The average molecular weight is 278 g/mol. The zero-order chi connectivity index (χ0) is 13.8. The predicted molar refractivity (Wildman–Crippen MR) is 71.4 cm³/mol. The lowest BCUT2D eigenvalue weighted by molar-refractivity contribution is 0.0696. The Labute approximate surface area is 115 Å². The molecule has 0 aliphatic heterocycles. The Morgan fingerprint density at radius 3 is 2.74 bits per heavy atom. The highest BCUT2D eigenvalue weighted by Gasteiger charge is 2.09. The van der Waals surface area contributed by atoms with E-state index in [4.69, 9.17) is 9.52 Å². The van der Waals surface area contributed by atoms with Gasteiger partial charge >= 0.3 is 5.97 Å². The quantitative estimate of drug-likeness (QED) is 0.847. The predicted octanol–water partition coefficient (Wildman–Crippen LogP) is 2.93. The monoisotopic (exact) mass is 278 g/mol. The number of hydrogen-bond acceptors (Lipinski definition) is 5. The van der Waals surface area contributed by atoms with Gasteiger partial charge in [0, 0.05) is 11.3 Å². The molecule has 100 valence electrons. The molecule has 0 radical (unpaired) electrons. The van der Waals surface area contributed by atoms with Crippen LogP contribution in [0, 0.1) is 6.92 Å². The molecular weight excluding hydrogens is 264 g/mol. The van der Waals surface area contributed by atoms with E-state index in [1.54, 1.807) is 19.1 Å². The molecule has 0 spiro atoms. The Balaban J connectivity index is 2.07. The molecule has 2 rings (SSSR count). The van der Waals surface area contributed by atoms with Gasteiger partial charge in [-0.2, -0.15) is 0 Å². The zero-order valence-corrected chi connectivity index (χ0v) is 11.5. The van der Waals surface area contributed by atoms with Crippen LogP contribution in [0.1, 0.15) is 34.6 Å². The van der Waals surface area contributed by atoms with Gasteiger partial charge in [-0.15, -0.1) is 22.0 Å². The number of rotatable bonds is 5. The molecule has 6 heteroatoms. The lowest BCUT2D eigenvalue weighted by Crippen LogP contribution is -1.99. The molecule has 0 aliphatic carbocycles. The van der Waals surface area contributed by atoms with Crippen LogP contribution < -0.4 is 0 Å². The van der Waals surface area contributed by atoms with Crippen molar-refractivity contribution in [1.82, 2.24) is 10.2 Å². The third-order valence-corrected chi connectivity index (χ3v) is 3.59. The Morgan fingerprint density at radius 2 is 2.11 bits per heavy atom. The molecule has 19 heavy (non-hydrogen) atoms. The van der Waals surface area contributed by atoms with Crippen LogP contribution in [0.4, 0.5) is 0 Å². The van der Waals surface area contributed by atoms with Crippen LogP contribution in [0.15, 0.2) is 27.5 Å². The Kier molecular flexibility index (Phi) is 4.21. The van der Waals surface area contributed by atoms with Gasteiger partial charge in [0.05, 0.1) is 11.3 Å². The van der Waals surface area contributed by atoms with Crippen molar-refractivity contribution in [1.29, 1.82) is 0 Å². The summed E-state index contributed by atoms with van der Waals surface area (Å²) in [5.41, 5.74) is 1.08. The second-order valence-corrected chi connectivity index (χ2v) is 5.06. The summed E-state index contributed by atoms with van der Waals surface area (Å²) < 4.78 is 5.40. The van der Waals surface area contributed by atoms with Crippen LogP contribution in [0.25, 0.3) is 0 Å². The Morgan fingerprint density at radius 1 is 1.37 bits per heavy atom. The van der Waals surface area contributed by atoms with Crippen molar-refractivity contribution in [2.75, 3.05) is 0 Å². The van der Waals surface area contributed by atoms with Crippen LogP contribution in [-0.2, 0) is 12.2 Å². The number of aryl methyl sites for hydroxylation is 2. The number of carbonyl (C=O) groups is 1. The van der Waals surface area contributed by atoms with E-state index in [1.807, 2.05) is 13.0 Å². The van der Waals surface area contributed by atoms with Crippen LogP contribution in [-0.4, -0.2) is 21.3 Å². The summed E-state index contributed by atoms with van der Waals surface area (Å²) in [6.07, 6.45) is 0.714. The third kappa shape index (κ3) is 3.35. The average Bonchev–Trinajstić information content (AvgIpc) is 2.85.